The highest BCUT2D eigenvalue weighted by molar-refractivity contribution is 7.17. The van der Waals surface area contributed by atoms with Crippen molar-refractivity contribution in [2.75, 3.05) is 0 Å². The number of carbonyl (C=O) groups is 1. The highest BCUT2D eigenvalue weighted by atomic mass is 35.5. The number of carbonyl (C=O) groups excluding carboxylic acids is 1. The Morgan fingerprint density at radius 2 is 1.86 bits per heavy atom. The summed E-state index contributed by atoms with van der Waals surface area (Å²) in [7, 11) is 1.53. The number of rotatable bonds is 4. The van der Waals surface area contributed by atoms with Crippen molar-refractivity contribution in [2.45, 2.75) is 51.1 Å². The van der Waals surface area contributed by atoms with E-state index in [9.17, 15) is 22.4 Å². The number of hydrogen-bond donors (Lipinski definition) is 0. The quantitative estimate of drug-likeness (QED) is 0.282. The zero-order valence-electron chi connectivity index (χ0n) is 16.4. The summed E-state index contributed by atoms with van der Waals surface area (Å²) in [4.78, 5) is 14.4. The van der Waals surface area contributed by atoms with Crippen LogP contribution in [0, 0.1) is 5.92 Å². The van der Waals surface area contributed by atoms with Gasteiger partial charge in [-0.3, -0.25) is 9.78 Å². The zero-order chi connectivity index (χ0) is 22.0. The van der Waals surface area contributed by atoms with Gasteiger partial charge in [0.1, 0.15) is 5.69 Å². The summed E-state index contributed by atoms with van der Waals surface area (Å²) >= 11 is 6.07. The van der Waals surface area contributed by atoms with Crippen LogP contribution < -0.4 is 0 Å². The minimum atomic E-state index is -3.07. The minimum Gasteiger partial charge on any atom is -0.294 e. The maximum absolute atomic E-state index is 13.0. The number of Topliss-reactive ketones (excluding diaryl/α,β-unsaturated/α-hetero) is 1. The molecule has 2 nitrogen and oxygen atoms in total. The molecular formula is C21H23ClF4NOP. The van der Waals surface area contributed by atoms with E-state index in [-0.39, 0.29) is 11.1 Å². The maximum atomic E-state index is 13.0. The molecule has 1 saturated carbocycles. The summed E-state index contributed by atoms with van der Waals surface area (Å²) in [5.41, 5.74) is -2.40. The lowest BCUT2D eigenvalue weighted by Gasteiger charge is -2.35. The number of aromatic nitrogens is 1. The molecule has 1 fully saturated rings. The van der Waals surface area contributed by atoms with Crippen LogP contribution in [0.4, 0.5) is 17.6 Å². The van der Waals surface area contributed by atoms with Gasteiger partial charge in [-0.1, -0.05) is 39.9 Å². The van der Waals surface area contributed by atoms with E-state index in [0.717, 1.165) is 18.9 Å². The van der Waals surface area contributed by atoms with Crippen molar-refractivity contribution in [3.63, 3.8) is 0 Å². The van der Waals surface area contributed by atoms with Crippen molar-refractivity contribution < 1.29 is 22.4 Å². The first-order valence-corrected chi connectivity index (χ1v) is 10.1. The van der Waals surface area contributed by atoms with Crippen LogP contribution in [0.15, 0.2) is 36.5 Å². The lowest BCUT2D eigenvalue weighted by Crippen LogP contribution is -2.21. The normalized spacial score (nSPS) is 19.1. The molecule has 0 spiro atoms. The summed E-state index contributed by atoms with van der Waals surface area (Å²) in [6.45, 7) is 4.14. The number of halogens is 5. The van der Waals surface area contributed by atoms with Gasteiger partial charge in [0.15, 0.2) is 5.78 Å². The number of benzene rings is 1. The van der Waals surface area contributed by atoms with E-state index in [0.29, 0.717) is 16.9 Å². The maximum Gasteiger partial charge on any atom is 0.287 e. The molecule has 0 saturated heterocycles. The Morgan fingerprint density at radius 3 is 2.24 bits per heavy atom. The molecule has 1 unspecified atom stereocenters. The molecule has 0 radical (unpaired) electrons. The fraction of sp³-hybridized carbons (Fsp3) is 0.429. The van der Waals surface area contributed by atoms with Crippen LogP contribution in [0.1, 0.15) is 66.7 Å². The second kappa shape index (κ2) is 9.09. The van der Waals surface area contributed by atoms with Crippen LogP contribution in [-0.2, 0) is 11.6 Å². The Kier molecular flexibility index (Phi) is 7.45. The molecule has 0 amide bonds. The number of nitrogens with zero attached hydrogens (tertiary/aromatic N) is 1. The minimum absolute atomic E-state index is 0.0185. The van der Waals surface area contributed by atoms with E-state index in [1.54, 1.807) is 6.07 Å². The van der Waals surface area contributed by atoms with Crippen molar-refractivity contribution in [3.05, 3.63) is 63.9 Å². The van der Waals surface area contributed by atoms with Crippen LogP contribution in [0.3, 0.4) is 0 Å². The molecule has 3 atom stereocenters. The van der Waals surface area contributed by atoms with E-state index in [1.807, 2.05) is 0 Å². The van der Waals surface area contributed by atoms with Gasteiger partial charge < -0.3 is 0 Å². The van der Waals surface area contributed by atoms with Gasteiger partial charge in [0.05, 0.1) is 0 Å². The molecule has 1 aromatic heterocycles. The third kappa shape index (κ3) is 5.99. The molecule has 0 N–H and O–H groups in total. The van der Waals surface area contributed by atoms with Crippen LogP contribution in [-0.4, -0.2) is 10.8 Å². The third-order valence-corrected chi connectivity index (χ3v) is 5.67. The van der Waals surface area contributed by atoms with Crippen LogP contribution in [0.2, 0.25) is 5.02 Å². The molecular weight excluding hydrogens is 425 g/mol. The second-order valence-corrected chi connectivity index (χ2v) is 8.50. The van der Waals surface area contributed by atoms with Gasteiger partial charge in [0.25, 0.3) is 11.6 Å². The molecule has 1 aliphatic carbocycles. The number of pyridine rings is 1. The predicted octanol–water partition coefficient (Wildman–Crippen LogP) is 7.17. The molecule has 8 heteroatoms. The summed E-state index contributed by atoms with van der Waals surface area (Å²) in [6, 6.07) is 7.41. The molecule has 0 bridgehead atoms. The summed E-state index contributed by atoms with van der Waals surface area (Å²) < 4.78 is 51.8. The lowest BCUT2D eigenvalue weighted by atomic mass is 9.71. The van der Waals surface area contributed by atoms with Gasteiger partial charge in [-0.05, 0) is 55.4 Å². The van der Waals surface area contributed by atoms with Crippen LogP contribution in [0.25, 0.3) is 0 Å². The Bertz CT molecular complexity index is 880. The van der Waals surface area contributed by atoms with E-state index in [2.05, 4.69) is 11.9 Å². The monoisotopic (exact) mass is 447 g/mol. The number of alkyl halides is 4. The molecule has 1 heterocycles. The summed E-state index contributed by atoms with van der Waals surface area (Å²) in [6.07, 6.45) is 3.55. The highest BCUT2D eigenvalue weighted by Gasteiger charge is 2.32. The average molecular weight is 448 g/mol. The molecule has 1 aromatic carbocycles. The predicted molar refractivity (Wildman–Crippen MR) is 110 cm³/mol. The van der Waals surface area contributed by atoms with E-state index < -0.39 is 23.1 Å². The van der Waals surface area contributed by atoms with Crippen molar-refractivity contribution in [1.29, 1.82) is 0 Å². The Labute approximate surface area is 175 Å². The van der Waals surface area contributed by atoms with E-state index >= 15 is 0 Å². The van der Waals surface area contributed by atoms with Gasteiger partial charge in [-0.25, -0.2) is 0 Å². The lowest BCUT2D eigenvalue weighted by molar-refractivity contribution is 0.0118. The SMILES string of the molecule is CC(=O)c1cccnc1C(C)(F)F.C[C@@H]1CC[C@@H]1c1ccc(C(F)(F)P)cc1Cl. The van der Waals surface area contributed by atoms with E-state index in [4.69, 9.17) is 11.6 Å². The molecule has 29 heavy (non-hydrogen) atoms. The highest BCUT2D eigenvalue weighted by Crippen LogP contribution is 2.46. The largest absolute Gasteiger partial charge is 0.294 e. The molecule has 158 valence electrons. The van der Waals surface area contributed by atoms with Crippen LogP contribution in [0.5, 0.6) is 0 Å². The Balaban J connectivity index is 0.000000212. The number of hydrogen-bond acceptors (Lipinski definition) is 2. The summed E-state index contributed by atoms with van der Waals surface area (Å²) in [5, 5.41) is 0.469. The topological polar surface area (TPSA) is 30.0 Å². The number of ketones is 1. The molecule has 1 aliphatic rings. The van der Waals surface area contributed by atoms with Gasteiger partial charge in [0.2, 0.25) is 0 Å². The van der Waals surface area contributed by atoms with Gasteiger partial charge in [0, 0.05) is 29.3 Å². The van der Waals surface area contributed by atoms with Crippen molar-refractivity contribution in [1.82, 2.24) is 4.98 Å². The second-order valence-electron chi connectivity index (χ2n) is 7.36. The standard InChI is InChI=1S/C12H14ClF2P.C9H9F2NO/c1-7-2-4-9(7)10-5-3-8(6-11(10)13)12(14,15)16;1-6(13)7-4-3-5-12-8(7)9(2,10)11/h3,5-7,9H,2,4,16H2,1H3;3-5H,1-2H3/t7-,9+;/m1./s1. The molecule has 2 aromatic rings. The average Bonchev–Trinajstić information content (AvgIpc) is 2.61. The van der Waals surface area contributed by atoms with Crippen molar-refractivity contribution >= 4 is 26.6 Å². The Hall–Kier alpha value is -1.52. The van der Waals surface area contributed by atoms with Gasteiger partial charge in [-0.15, -0.1) is 0 Å². The van der Waals surface area contributed by atoms with E-state index in [1.165, 1.54) is 53.0 Å². The summed E-state index contributed by atoms with van der Waals surface area (Å²) in [5.74, 6) is -2.41. The van der Waals surface area contributed by atoms with Crippen molar-refractivity contribution in [3.8, 4) is 0 Å². The zero-order valence-corrected chi connectivity index (χ0v) is 18.3. The van der Waals surface area contributed by atoms with Gasteiger partial charge in [-0.2, -0.15) is 17.6 Å². The molecule has 3 rings (SSSR count). The first-order chi connectivity index (χ1) is 13.3. The fourth-order valence-corrected chi connectivity index (χ4v) is 3.70. The van der Waals surface area contributed by atoms with Gasteiger partial charge >= 0.3 is 0 Å². The smallest absolute Gasteiger partial charge is 0.287 e. The first kappa shape index (κ1) is 23.8. The third-order valence-electron chi connectivity index (χ3n) is 5.01. The Morgan fingerprint density at radius 1 is 1.21 bits per heavy atom. The molecule has 0 aliphatic heterocycles. The van der Waals surface area contributed by atoms with Crippen molar-refractivity contribution in [2.24, 2.45) is 5.92 Å². The van der Waals surface area contributed by atoms with Crippen LogP contribution >= 0.6 is 20.8 Å². The fourth-order valence-electron chi connectivity index (χ4n) is 3.20. The first-order valence-electron chi connectivity index (χ1n) is 9.13.